The molecule has 1 atom stereocenters. The number of aliphatic hydroxyl groups excluding tert-OH is 1. The molecule has 5 rings (SSSR count). The fourth-order valence-electron chi connectivity index (χ4n) is 3.45. The van der Waals surface area contributed by atoms with Crippen LogP contribution in [0.4, 0.5) is 0 Å². The van der Waals surface area contributed by atoms with Crippen LogP contribution in [0.3, 0.4) is 0 Å². The first-order chi connectivity index (χ1) is 12.8. The molecule has 3 aromatic rings. The maximum Gasteiger partial charge on any atom is 0.240 e. The van der Waals surface area contributed by atoms with Gasteiger partial charge < -0.3 is 9.63 Å². The SMILES string of the molecule is O[C@H](c1ccccc1)c1cc2n(n1)CCN(Cc1nc(C3CC3)no1)C2. The van der Waals surface area contributed by atoms with Crippen molar-refractivity contribution in [3.63, 3.8) is 0 Å². The second kappa shape index (κ2) is 6.34. The molecule has 1 aliphatic carbocycles. The Hall–Kier alpha value is -2.51. The number of rotatable bonds is 5. The van der Waals surface area contributed by atoms with Gasteiger partial charge in [-0.05, 0) is 24.5 Å². The fraction of sp³-hybridized carbons (Fsp3) is 0.421. The van der Waals surface area contributed by atoms with Gasteiger partial charge in [-0.3, -0.25) is 9.58 Å². The van der Waals surface area contributed by atoms with E-state index in [0.717, 1.165) is 36.7 Å². The van der Waals surface area contributed by atoms with Gasteiger partial charge in [0, 0.05) is 19.0 Å². The van der Waals surface area contributed by atoms with Crippen molar-refractivity contribution >= 4 is 0 Å². The third-order valence-corrected chi connectivity index (χ3v) is 5.08. The standard InChI is InChI=1S/C19H21N5O2/c25-18(13-4-2-1-3-5-13)16-10-15-11-23(8-9-24(15)21-16)12-17-20-19(22-26-17)14-6-7-14/h1-5,10,14,18,25H,6-9,11-12H2/t18-/m1/s1. The molecular formula is C19H21N5O2. The molecule has 2 aromatic heterocycles. The van der Waals surface area contributed by atoms with Gasteiger partial charge in [0.25, 0.3) is 0 Å². The molecule has 0 radical (unpaired) electrons. The highest BCUT2D eigenvalue weighted by Gasteiger charge is 2.29. The van der Waals surface area contributed by atoms with Gasteiger partial charge in [0.15, 0.2) is 5.82 Å². The van der Waals surface area contributed by atoms with Gasteiger partial charge in [-0.15, -0.1) is 0 Å². The van der Waals surface area contributed by atoms with E-state index in [9.17, 15) is 5.11 Å². The Kier molecular flexibility index (Phi) is 3.83. The molecule has 0 spiro atoms. The molecule has 1 saturated carbocycles. The number of nitrogens with zero attached hydrogens (tertiary/aromatic N) is 5. The molecule has 0 bridgehead atoms. The summed E-state index contributed by atoms with van der Waals surface area (Å²) in [4.78, 5) is 6.79. The summed E-state index contributed by atoms with van der Waals surface area (Å²) >= 11 is 0. The minimum atomic E-state index is -0.695. The third-order valence-electron chi connectivity index (χ3n) is 5.08. The van der Waals surface area contributed by atoms with Crippen LogP contribution in [0.25, 0.3) is 0 Å². The molecule has 26 heavy (non-hydrogen) atoms. The summed E-state index contributed by atoms with van der Waals surface area (Å²) in [5.74, 6) is 2.05. The summed E-state index contributed by atoms with van der Waals surface area (Å²) in [7, 11) is 0. The Balaban J connectivity index is 1.29. The van der Waals surface area contributed by atoms with E-state index in [-0.39, 0.29) is 0 Å². The third kappa shape index (κ3) is 3.04. The number of aromatic nitrogens is 4. The highest BCUT2D eigenvalue weighted by atomic mass is 16.5. The number of hydrogen-bond acceptors (Lipinski definition) is 6. The van der Waals surface area contributed by atoms with Gasteiger partial charge in [0.05, 0.1) is 24.5 Å². The van der Waals surface area contributed by atoms with Crippen molar-refractivity contribution in [2.24, 2.45) is 0 Å². The van der Waals surface area contributed by atoms with Crippen molar-refractivity contribution in [1.29, 1.82) is 0 Å². The van der Waals surface area contributed by atoms with Crippen molar-refractivity contribution in [2.45, 2.75) is 44.5 Å². The summed E-state index contributed by atoms with van der Waals surface area (Å²) in [6, 6.07) is 11.6. The zero-order valence-corrected chi connectivity index (χ0v) is 14.5. The summed E-state index contributed by atoms with van der Waals surface area (Å²) in [5.41, 5.74) is 2.66. The summed E-state index contributed by atoms with van der Waals surface area (Å²) < 4.78 is 7.38. The smallest absolute Gasteiger partial charge is 0.240 e. The zero-order chi connectivity index (χ0) is 17.5. The van der Waals surface area contributed by atoms with E-state index >= 15 is 0 Å². The van der Waals surface area contributed by atoms with Crippen molar-refractivity contribution in [3.8, 4) is 0 Å². The normalized spacial score (nSPS) is 18.7. The topological polar surface area (TPSA) is 80.2 Å². The van der Waals surface area contributed by atoms with E-state index in [0.29, 0.717) is 24.0 Å². The number of fused-ring (bicyclic) bond motifs is 1. The van der Waals surface area contributed by atoms with Crippen LogP contribution >= 0.6 is 0 Å². The van der Waals surface area contributed by atoms with Crippen molar-refractivity contribution < 1.29 is 9.63 Å². The maximum absolute atomic E-state index is 10.6. The molecule has 1 fully saturated rings. The molecule has 0 saturated heterocycles. The van der Waals surface area contributed by atoms with Crippen molar-refractivity contribution in [1.82, 2.24) is 24.8 Å². The highest BCUT2D eigenvalue weighted by molar-refractivity contribution is 5.26. The molecule has 3 heterocycles. The van der Waals surface area contributed by atoms with Gasteiger partial charge in [0.1, 0.15) is 6.10 Å². The molecule has 0 unspecified atom stereocenters. The Morgan fingerprint density at radius 2 is 2.04 bits per heavy atom. The number of benzene rings is 1. The van der Waals surface area contributed by atoms with Gasteiger partial charge in [0.2, 0.25) is 5.89 Å². The molecule has 1 aromatic carbocycles. The van der Waals surface area contributed by atoms with Crippen LogP contribution in [0.15, 0.2) is 40.9 Å². The summed E-state index contributed by atoms with van der Waals surface area (Å²) in [5, 5.41) is 19.3. The van der Waals surface area contributed by atoms with Crippen LogP contribution < -0.4 is 0 Å². The summed E-state index contributed by atoms with van der Waals surface area (Å²) in [6.07, 6.45) is 1.66. The van der Waals surface area contributed by atoms with Crippen molar-refractivity contribution in [3.05, 3.63) is 65.1 Å². The van der Waals surface area contributed by atoms with Crippen LogP contribution in [-0.2, 0) is 19.6 Å². The predicted octanol–water partition coefficient (Wildman–Crippen LogP) is 2.24. The molecule has 2 aliphatic rings. The van der Waals surface area contributed by atoms with Crippen LogP contribution in [0, 0.1) is 0 Å². The van der Waals surface area contributed by atoms with Crippen LogP contribution in [0.5, 0.6) is 0 Å². The average molecular weight is 351 g/mol. The van der Waals surface area contributed by atoms with Gasteiger partial charge in [-0.2, -0.15) is 10.1 Å². The molecule has 1 aliphatic heterocycles. The monoisotopic (exact) mass is 351 g/mol. The van der Waals surface area contributed by atoms with E-state index in [1.807, 2.05) is 41.1 Å². The van der Waals surface area contributed by atoms with Crippen LogP contribution in [0.1, 0.15) is 53.5 Å². The maximum atomic E-state index is 10.6. The molecule has 7 heteroatoms. The lowest BCUT2D eigenvalue weighted by molar-refractivity contribution is 0.179. The molecule has 0 amide bonds. The Labute approximate surface area is 151 Å². The molecule has 1 N–H and O–H groups in total. The second-order valence-corrected chi connectivity index (χ2v) is 7.13. The van der Waals surface area contributed by atoms with E-state index in [1.54, 1.807) is 0 Å². The second-order valence-electron chi connectivity index (χ2n) is 7.13. The van der Waals surface area contributed by atoms with E-state index < -0.39 is 6.10 Å². The minimum Gasteiger partial charge on any atom is -0.382 e. The van der Waals surface area contributed by atoms with Gasteiger partial charge in [-0.1, -0.05) is 35.5 Å². The molecule has 7 nitrogen and oxygen atoms in total. The first-order valence-electron chi connectivity index (χ1n) is 9.11. The quantitative estimate of drug-likeness (QED) is 0.759. The van der Waals surface area contributed by atoms with Crippen LogP contribution in [-0.4, -0.2) is 36.5 Å². The number of hydrogen-bond donors (Lipinski definition) is 1. The first-order valence-corrected chi connectivity index (χ1v) is 9.11. The molecular weight excluding hydrogens is 330 g/mol. The van der Waals surface area contributed by atoms with E-state index in [2.05, 4.69) is 20.1 Å². The lowest BCUT2D eigenvalue weighted by atomic mass is 10.1. The molecule has 134 valence electrons. The Morgan fingerprint density at radius 1 is 1.19 bits per heavy atom. The average Bonchev–Trinajstić information content (AvgIpc) is 3.27. The van der Waals surface area contributed by atoms with Crippen molar-refractivity contribution in [2.75, 3.05) is 6.54 Å². The Bertz CT molecular complexity index is 900. The largest absolute Gasteiger partial charge is 0.382 e. The summed E-state index contributed by atoms with van der Waals surface area (Å²) in [6.45, 7) is 3.08. The van der Waals surface area contributed by atoms with Gasteiger partial charge in [-0.25, -0.2) is 0 Å². The zero-order valence-electron chi connectivity index (χ0n) is 14.5. The van der Waals surface area contributed by atoms with Crippen LogP contribution in [0.2, 0.25) is 0 Å². The van der Waals surface area contributed by atoms with E-state index in [4.69, 9.17) is 4.52 Å². The minimum absolute atomic E-state index is 0.511. The van der Waals surface area contributed by atoms with Gasteiger partial charge >= 0.3 is 0 Å². The first kappa shape index (κ1) is 15.7. The van der Waals surface area contributed by atoms with E-state index in [1.165, 1.54) is 12.8 Å². The lowest BCUT2D eigenvalue weighted by Crippen LogP contribution is -2.33. The fourth-order valence-corrected chi connectivity index (χ4v) is 3.45. The number of aliphatic hydroxyl groups is 1. The predicted molar refractivity (Wildman–Crippen MR) is 93.1 cm³/mol. The Morgan fingerprint density at radius 3 is 2.85 bits per heavy atom. The highest BCUT2D eigenvalue weighted by Crippen LogP contribution is 2.38. The lowest BCUT2D eigenvalue weighted by Gasteiger charge is -2.25.